The van der Waals surface area contributed by atoms with E-state index in [-0.39, 0.29) is 5.91 Å². The minimum absolute atomic E-state index is 0.0492. The number of carbonyl (C=O) groups excluding carboxylic acids is 1. The molecule has 0 aromatic heterocycles. The summed E-state index contributed by atoms with van der Waals surface area (Å²) in [5.74, 6) is 0.0492. The van der Waals surface area contributed by atoms with Gasteiger partial charge in [-0.3, -0.25) is 0 Å². The van der Waals surface area contributed by atoms with Crippen molar-refractivity contribution < 1.29 is 4.79 Å². The van der Waals surface area contributed by atoms with Gasteiger partial charge in [-0.2, -0.15) is 0 Å². The Hall–Kier alpha value is -0.271. The predicted molar refractivity (Wildman–Crippen MR) is 27.9 cm³/mol. The molecule has 1 amide bonds. The number of carbonyl (C=O) groups is 1. The Morgan fingerprint density at radius 3 is 3.00 bits per heavy atom. The molecular formula is C4H5NOSe. The van der Waals surface area contributed by atoms with E-state index in [9.17, 15) is 4.79 Å². The Morgan fingerprint density at radius 1 is 1.86 bits per heavy atom. The summed E-state index contributed by atoms with van der Waals surface area (Å²) < 4.78 is 0. The van der Waals surface area contributed by atoms with Crippen LogP contribution >= 0.6 is 0 Å². The first-order valence-corrected chi connectivity index (χ1v) is 4.15. The standard InChI is InChI=1S/C4H5NOSe/c6-4-1-2-7-3-5-4/h1-2H,3H2,(H,5,6). The topological polar surface area (TPSA) is 29.1 Å². The summed E-state index contributed by atoms with van der Waals surface area (Å²) in [7, 11) is 0. The predicted octanol–water partition coefficient (Wildman–Crippen LogP) is -0.708. The quantitative estimate of drug-likeness (QED) is 0.468. The molecule has 1 rings (SSSR count). The normalized spacial score (nSPS) is 19.1. The van der Waals surface area contributed by atoms with Gasteiger partial charge in [-0.05, 0) is 0 Å². The minimum atomic E-state index is 0.0492. The van der Waals surface area contributed by atoms with Crippen molar-refractivity contribution in [3.8, 4) is 0 Å². The molecule has 0 saturated carbocycles. The van der Waals surface area contributed by atoms with Crippen molar-refractivity contribution in [2.75, 3.05) is 5.44 Å². The molecule has 0 saturated heterocycles. The summed E-state index contributed by atoms with van der Waals surface area (Å²) in [6, 6.07) is 0. The van der Waals surface area contributed by atoms with Crippen molar-refractivity contribution in [1.82, 2.24) is 5.32 Å². The monoisotopic (exact) mass is 163 g/mol. The van der Waals surface area contributed by atoms with Crippen LogP contribution in [0, 0.1) is 0 Å². The van der Waals surface area contributed by atoms with Gasteiger partial charge >= 0.3 is 47.5 Å². The van der Waals surface area contributed by atoms with Crippen LogP contribution in [0.15, 0.2) is 11.1 Å². The van der Waals surface area contributed by atoms with E-state index >= 15 is 0 Å². The Kier molecular flexibility index (Phi) is 1.49. The molecule has 1 heterocycles. The van der Waals surface area contributed by atoms with Crippen molar-refractivity contribution in [1.29, 1.82) is 0 Å². The van der Waals surface area contributed by atoms with Gasteiger partial charge in [-0.1, -0.05) is 0 Å². The molecule has 0 aliphatic carbocycles. The number of amides is 1. The summed E-state index contributed by atoms with van der Waals surface area (Å²) in [6.07, 6.45) is 1.59. The third-order valence-corrected chi connectivity index (χ3v) is 1.99. The van der Waals surface area contributed by atoms with Crippen LogP contribution in [-0.4, -0.2) is 26.3 Å². The molecule has 0 fully saturated rings. The molecule has 1 aliphatic rings. The zero-order chi connectivity index (χ0) is 5.11. The first-order valence-electron chi connectivity index (χ1n) is 1.95. The van der Waals surface area contributed by atoms with Gasteiger partial charge in [0.1, 0.15) is 0 Å². The fraction of sp³-hybridized carbons (Fsp3) is 0.250. The summed E-state index contributed by atoms with van der Waals surface area (Å²) >= 11 is 0.522. The average molecular weight is 162 g/mol. The first-order chi connectivity index (χ1) is 3.39. The molecule has 0 aromatic rings. The van der Waals surface area contributed by atoms with Crippen LogP contribution in [0.1, 0.15) is 0 Å². The molecule has 0 spiro atoms. The van der Waals surface area contributed by atoms with E-state index in [2.05, 4.69) is 5.32 Å². The molecule has 3 heteroatoms. The second-order valence-electron chi connectivity index (χ2n) is 1.15. The van der Waals surface area contributed by atoms with E-state index in [4.69, 9.17) is 0 Å². The van der Waals surface area contributed by atoms with Gasteiger partial charge in [0, 0.05) is 0 Å². The maximum absolute atomic E-state index is 10.3. The SMILES string of the molecule is O=C1C=C[Se]CN1. The van der Waals surface area contributed by atoms with Crippen LogP contribution < -0.4 is 5.32 Å². The van der Waals surface area contributed by atoms with Crippen LogP contribution in [0.25, 0.3) is 0 Å². The Balaban J connectivity index is 2.51. The summed E-state index contributed by atoms with van der Waals surface area (Å²) in [4.78, 5) is 12.2. The van der Waals surface area contributed by atoms with Crippen LogP contribution in [-0.2, 0) is 4.79 Å². The van der Waals surface area contributed by atoms with Gasteiger partial charge in [0.25, 0.3) is 0 Å². The third kappa shape index (κ3) is 1.33. The summed E-state index contributed by atoms with van der Waals surface area (Å²) in [5.41, 5.74) is 0.863. The molecule has 0 radical (unpaired) electrons. The van der Waals surface area contributed by atoms with Crippen molar-refractivity contribution >= 4 is 20.9 Å². The Labute approximate surface area is 48.1 Å². The van der Waals surface area contributed by atoms with Crippen molar-refractivity contribution in [3.05, 3.63) is 11.1 Å². The van der Waals surface area contributed by atoms with Gasteiger partial charge in [0.05, 0.1) is 0 Å². The molecule has 2 nitrogen and oxygen atoms in total. The second kappa shape index (κ2) is 2.15. The molecule has 0 atom stereocenters. The summed E-state index contributed by atoms with van der Waals surface area (Å²) in [6.45, 7) is 0. The Morgan fingerprint density at radius 2 is 2.71 bits per heavy atom. The van der Waals surface area contributed by atoms with Crippen molar-refractivity contribution in [2.45, 2.75) is 0 Å². The van der Waals surface area contributed by atoms with Crippen LogP contribution in [0.2, 0.25) is 0 Å². The van der Waals surface area contributed by atoms with Gasteiger partial charge < -0.3 is 0 Å². The summed E-state index contributed by atoms with van der Waals surface area (Å²) in [5, 5.41) is 2.68. The van der Waals surface area contributed by atoms with Gasteiger partial charge in [-0.15, -0.1) is 0 Å². The average Bonchev–Trinajstić information content (AvgIpc) is 1.69. The molecule has 0 bridgehead atoms. The van der Waals surface area contributed by atoms with Crippen molar-refractivity contribution in [2.24, 2.45) is 0 Å². The number of nitrogens with one attached hydrogen (secondary N) is 1. The second-order valence-corrected chi connectivity index (χ2v) is 3.03. The van der Waals surface area contributed by atoms with Gasteiger partial charge in [0.2, 0.25) is 0 Å². The third-order valence-electron chi connectivity index (χ3n) is 0.645. The number of rotatable bonds is 0. The van der Waals surface area contributed by atoms with Crippen LogP contribution in [0.5, 0.6) is 0 Å². The zero-order valence-electron chi connectivity index (χ0n) is 3.68. The molecule has 0 aromatic carbocycles. The van der Waals surface area contributed by atoms with E-state index in [0.29, 0.717) is 15.0 Å². The molecule has 7 heavy (non-hydrogen) atoms. The number of hydrogen-bond donors (Lipinski definition) is 1. The number of hydrogen-bond acceptors (Lipinski definition) is 1. The zero-order valence-corrected chi connectivity index (χ0v) is 5.39. The fourth-order valence-electron chi connectivity index (χ4n) is 0.330. The maximum atomic E-state index is 10.3. The van der Waals surface area contributed by atoms with E-state index in [0.717, 1.165) is 5.44 Å². The van der Waals surface area contributed by atoms with Gasteiger partial charge in [0.15, 0.2) is 0 Å². The first kappa shape index (κ1) is 4.88. The van der Waals surface area contributed by atoms with E-state index in [1.165, 1.54) is 0 Å². The van der Waals surface area contributed by atoms with Crippen LogP contribution in [0.3, 0.4) is 0 Å². The van der Waals surface area contributed by atoms with Gasteiger partial charge in [-0.25, -0.2) is 0 Å². The van der Waals surface area contributed by atoms with Crippen LogP contribution in [0.4, 0.5) is 0 Å². The molecule has 1 aliphatic heterocycles. The van der Waals surface area contributed by atoms with E-state index < -0.39 is 0 Å². The van der Waals surface area contributed by atoms with E-state index in [1.54, 1.807) is 6.08 Å². The molecule has 0 unspecified atom stereocenters. The molecule has 38 valence electrons. The molecule has 1 N–H and O–H groups in total. The molecular weight excluding hydrogens is 157 g/mol. The van der Waals surface area contributed by atoms with Crippen molar-refractivity contribution in [3.63, 3.8) is 0 Å². The van der Waals surface area contributed by atoms with E-state index in [1.807, 2.05) is 4.97 Å². The Bertz CT molecular complexity index is 110. The fourth-order valence-corrected chi connectivity index (χ4v) is 1.47.